The number of fused-ring (bicyclic) bond motifs is 1. The van der Waals surface area contributed by atoms with E-state index < -0.39 is 0 Å². The predicted octanol–water partition coefficient (Wildman–Crippen LogP) is 2.11. The number of carbonyl (C=O) groups is 1. The van der Waals surface area contributed by atoms with E-state index in [1.165, 1.54) is 0 Å². The first-order chi connectivity index (χ1) is 7.08. The number of hydrogen-bond donors (Lipinski definition) is 0. The monoisotopic (exact) mass is 205 g/mol. The van der Waals surface area contributed by atoms with Gasteiger partial charge in [-0.25, -0.2) is 0 Å². The molecule has 0 saturated heterocycles. The van der Waals surface area contributed by atoms with Crippen LogP contribution in [0.1, 0.15) is 24.2 Å². The zero-order chi connectivity index (χ0) is 11.0. The first kappa shape index (κ1) is 10.0. The molecule has 0 radical (unpaired) electrons. The maximum atomic E-state index is 11.2. The highest BCUT2D eigenvalue weighted by molar-refractivity contribution is 5.95. The summed E-state index contributed by atoms with van der Waals surface area (Å²) >= 11 is 0. The van der Waals surface area contributed by atoms with E-state index in [9.17, 15) is 4.79 Å². The van der Waals surface area contributed by atoms with Crippen LogP contribution in [0.15, 0.2) is 18.2 Å². The molecule has 1 aromatic rings. The Labute approximate surface area is 89.7 Å². The van der Waals surface area contributed by atoms with Crippen molar-refractivity contribution >= 4 is 11.5 Å². The van der Waals surface area contributed by atoms with Gasteiger partial charge in [-0.15, -0.1) is 0 Å². The molecule has 1 unspecified atom stereocenters. The molecule has 3 nitrogen and oxygen atoms in total. The zero-order valence-electron chi connectivity index (χ0n) is 9.28. The Bertz CT molecular complexity index is 401. The molecule has 80 valence electrons. The third kappa shape index (κ3) is 1.82. The molecule has 0 spiro atoms. The topological polar surface area (TPSA) is 29.5 Å². The van der Waals surface area contributed by atoms with Crippen LogP contribution >= 0.6 is 0 Å². The Balaban J connectivity index is 2.43. The number of carbonyl (C=O) groups excluding carboxylic acids is 1. The fraction of sp³-hybridized carbons (Fsp3) is 0.417. The van der Waals surface area contributed by atoms with E-state index in [1.54, 1.807) is 6.92 Å². The highest BCUT2D eigenvalue weighted by atomic mass is 16.5. The number of Topliss-reactive ketones (excluding diaryl/α,β-unsaturated/α-hetero) is 1. The minimum Gasteiger partial charge on any atom is -0.487 e. The molecule has 0 fully saturated rings. The summed E-state index contributed by atoms with van der Waals surface area (Å²) in [5, 5.41) is 0. The third-order valence-electron chi connectivity index (χ3n) is 2.64. The van der Waals surface area contributed by atoms with Crippen LogP contribution in [0.4, 0.5) is 5.69 Å². The number of hydrogen-bond acceptors (Lipinski definition) is 3. The van der Waals surface area contributed by atoms with E-state index in [0.717, 1.165) is 18.0 Å². The van der Waals surface area contributed by atoms with Gasteiger partial charge in [0.05, 0.1) is 12.2 Å². The molecular weight excluding hydrogens is 190 g/mol. The third-order valence-corrected chi connectivity index (χ3v) is 2.64. The van der Waals surface area contributed by atoms with Gasteiger partial charge >= 0.3 is 0 Å². The Hall–Kier alpha value is -1.51. The molecule has 1 aliphatic rings. The van der Waals surface area contributed by atoms with Gasteiger partial charge in [-0.2, -0.15) is 0 Å². The van der Waals surface area contributed by atoms with E-state index in [4.69, 9.17) is 4.74 Å². The summed E-state index contributed by atoms with van der Waals surface area (Å²) in [7, 11) is 2.03. The van der Waals surface area contributed by atoms with Crippen LogP contribution < -0.4 is 9.64 Å². The molecular formula is C12H15NO2. The summed E-state index contributed by atoms with van der Waals surface area (Å²) in [5.74, 6) is 0.881. The minimum atomic E-state index is 0.0716. The molecule has 0 aromatic heterocycles. The van der Waals surface area contributed by atoms with Crippen LogP contribution in [0.5, 0.6) is 5.75 Å². The second kappa shape index (κ2) is 3.57. The highest BCUT2D eigenvalue weighted by Gasteiger charge is 2.20. The van der Waals surface area contributed by atoms with Gasteiger partial charge in [0, 0.05) is 12.6 Å². The minimum absolute atomic E-state index is 0.0716. The molecule has 0 aliphatic carbocycles. The molecule has 1 heterocycles. The van der Waals surface area contributed by atoms with Crippen molar-refractivity contribution < 1.29 is 9.53 Å². The molecule has 0 saturated carbocycles. The van der Waals surface area contributed by atoms with Crippen molar-refractivity contribution in [1.82, 2.24) is 0 Å². The van der Waals surface area contributed by atoms with Gasteiger partial charge < -0.3 is 9.64 Å². The lowest BCUT2D eigenvalue weighted by Gasteiger charge is -2.32. The SMILES string of the molecule is CC(=O)c1ccc2c(c1)OC(C)CN2C. The summed E-state index contributed by atoms with van der Waals surface area (Å²) in [6, 6.07) is 5.61. The number of benzene rings is 1. The predicted molar refractivity (Wildman–Crippen MR) is 59.8 cm³/mol. The first-order valence-electron chi connectivity index (χ1n) is 5.10. The van der Waals surface area contributed by atoms with Gasteiger partial charge in [0.15, 0.2) is 5.78 Å². The summed E-state index contributed by atoms with van der Waals surface area (Å²) in [4.78, 5) is 13.4. The van der Waals surface area contributed by atoms with Crippen LogP contribution in [0, 0.1) is 0 Å². The summed E-state index contributed by atoms with van der Waals surface area (Å²) < 4.78 is 5.70. The Morgan fingerprint density at radius 2 is 2.27 bits per heavy atom. The van der Waals surface area contributed by atoms with Gasteiger partial charge in [-0.05, 0) is 32.0 Å². The largest absolute Gasteiger partial charge is 0.487 e. The lowest BCUT2D eigenvalue weighted by atomic mass is 10.1. The van der Waals surface area contributed by atoms with Gasteiger partial charge in [0.2, 0.25) is 0 Å². The van der Waals surface area contributed by atoms with Crippen LogP contribution in [0.2, 0.25) is 0 Å². The molecule has 0 amide bonds. The second-order valence-electron chi connectivity index (χ2n) is 4.05. The van der Waals surface area contributed by atoms with Crippen molar-refractivity contribution in [3.05, 3.63) is 23.8 Å². The lowest BCUT2D eigenvalue weighted by molar-refractivity contribution is 0.101. The number of rotatable bonds is 1. The van der Waals surface area contributed by atoms with Crippen molar-refractivity contribution in [1.29, 1.82) is 0 Å². The molecule has 2 rings (SSSR count). The molecule has 1 aliphatic heterocycles. The van der Waals surface area contributed by atoms with Gasteiger partial charge in [0.25, 0.3) is 0 Å². The Morgan fingerprint density at radius 3 is 2.93 bits per heavy atom. The number of likely N-dealkylation sites (N-methyl/N-ethyl adjacent to an activating group) is 1. The summed E-state index contributed by atoms with van der Waals surface area (Å²) in [5.41, 5.74) is 1.76. The second-order valence-corrected chi connectivity index (χ2v) is 4.05. The summed E-state index contributed by atoms with van der Waals surface area (Å²) in [6.45, 7) is 4.48. The Morgan fingerprint density at radius 1 is 1.53 bits per heavy atom. The van der Waals surface area contributed by atoms with Crippen molar-refractivity contribution in [2.24, 2.45) is 0 Å². The number of ether oxygens (including phenoxy) is 1. The van der Waals surface area contributed by atoms with Crippen LogP contribution in [-0.2, 0) is 0 Å². The van der Waals surface area contributed by atoms with E-state index >= 15 is 0 Å². The molecule has 3 heteroatoms. The summed E-state index contributed by atoms with van der Waals surface area (Å²) in [6.07, 6.45) is 0.171. The van der Waals surface area contributed by atoms with E-state index in [1.807, 2.05) is 32.2 Å². The van der Waals surface area contributed by atoms with Crippen molar-refractivity contribution in [3.63, 3.8) is 0 Å². The van der Waals surface area contributed by atoms with Crippen molar-refractivity contribution in [2.75, 3.05) is 18.5 Å². The van der Waals surface area contributed by atoms with E-state index in [2.05, 4.69) is 4.90 Å². The molecule has 1 aromatic carbocycles. The quantitative estimate of drug-likeness (QED) is 0.657. The number of anilines is 1. The zero-order valence-corrected chi connectivity index (χ0v) is 9.28. The molecule has 1 atom stereocenters. The highest BCUT2D eigenvalue weighted by Crippen LogP contribution is 2.33. The van der Waals surface area contributed by atoms with Crippen LogP contribution in [0.3, 0.4) is 0 Å². The maximum absolute atomic E-state index is 11.2. The van der Waals surface area contributed by atoms with Gasteiger partial charge in [-0.3, -0.25) is 4.79 Å². The van der Waals surface area contributed by atoms with Crippen LogP contribution in [-0.4, -0.2) is 25.5 Å². The molecule has 0 bridgehead atoms. The lowest BCUT2D eigenvalue weighted by Crippen LogP contribution is -2.35. The maximum Gasteiger partial charge on any atom is 0.159 e. The number of ketones is 1. The average molecular weight is 205 g/mol. The van der Waals surface area contributed by atoms with Gasteiger partial charge in [0.1, 0.15) is 11.9 Å². The van der Waals surface area contributed by atoms with Gasteiger partial charge in [-0.1, -0.05) is 0 Å². The normalized spacial score (nSPS) is 19.4. The van der Waals surface area contributed by atoms with Crippen LogP contribution in [0.25, 0.3) is 0 Å². The Kier molecular flexibility index (Phi) is 2.39. The number of nitrogens with zero attached hydrogens (tertiary/aromatic N) is 1. The molecule has 0 N–H and O–H groups in total. The smallest absolute Gasteiger partial charge is 0.159 e. The van der Waals surface area contributed by atoms with E-state index in [-0.39, 0.29) is 11.9 Å². The molecule has 15 heavy (non-hydrogen) atoms. The fourth-order valence-corrected chi connectivity index (χ4v) is 1.88. The fourth-order valence-electron chi connectivity index (χ4n) is 1.88. The first-order valence-corrected chi connectivity index (χ1v) is 5.10. The average Bonchev–Trinajstić information content (AvgIpc) is 2.16. The van der Waals surface area contributed by atoms with E-state index in [0.29, 0.717) is 5.56 Å². The van der Waals surface area contributed by atoms with Crippen molar-refractivity contribution in [2.45, 2.75) is 20.0 Å². The van der Waals surface area contributed by atoms with Crippen molar-refractivity contribution in [3.8, 4) is 5.75 Å². The standard InChI is InChI=1S/C12H15NO2/c1-8-7-13(3)11-5-4-10(9(2)14)6-12(11)15-8/h4-6,8H,7H2,1-3H3.